The summed E-state index contributed by atoms with van der Waals surface area (Å²) in [5.74, 6) is 1.88. The lowest BCUT2D eigenvalue weighted by Gasteiger charge is -2.18. The lowest BCUT2D eigenvalue weighted by Crippen LogP contribution is -2.18. The molecular formula is C14H19ClN2O. The van der Waals surface area contributed by atoms with Gasteiger partial charge in [-0.25, -0.2) is 9.97 Å². The Morgan fingerprint density at radius 2 is 2.33 bits per heavy atom. The van der Waals surface area contributed by atoms with Gasteiger partial charge in [0, 0.05) is 23.4 Å². The predicted octanol–water partition coefficient (Wildman–Crippen LogP) is 3.20. The van der Waals surface area contributed by atoms with Crippen molar-refractivity contribution in [3.8, 4) is 0 Å². The zero-order valence-corrected chi connectivity index (χ0v) is 11.5. The van der Waals surface area contributed by atoms with Crippen LogP contribution in [0.3, 0.4) is 0 Å². The Bertz CT molecular complexity index is 438. The van der Waals surface area contributed by atoms with Gasteiger partial charge in [-0.3, -0.25) is 0 Å². The van der Waals surface area contributed by atoms with Gasteiger partial charge in [0.05, 0.1) is 18.1 Å². The summed E-state index contributed by atoms with van der Waals surface area (Å²) in [6.45, 7) is 2.17. The molecule has 3 rings (SSSR count). The Balaban J connectivity index is 1.86. The number of hydrogen-bond donors (Lipinski definition) is 0. The molecule has 0 radical (unpaired) electrons. The van der Waals surface area contributed by atoms with Crippen LogP contribution in [-0.2, 0) is 17.0 Å². The number of rotatable bonds is 4. The topological polar surface area (TPSA) is 35.0 Å². The molecule has 2 fully saturated rings. The number of fused-ring (bicyclic) bond motifs is 2. The molecule has 0 amide bonds. The van der Waals surface area contributed by atoms with Crippen molar-refractivity contribution in [1.29, 1.82) is 0 Å². The molecule has 3 atom stereocenters. The summed E-state index contributed by atoms with van der Waals surface area (Å²) in [6.07, 6.45) is 8.26. The summed E-state index contributed by atoms with van der Waals surface area (Å²) in [5.41, 5.74) is 2.20. The Kier molecular flexibility index (Phi) is 3.53. The second kappa shape index (κ2) is 5.14. The van der Waals surface area contributed by atoms with Gasteiger partial charge in [0.1, 0.15) is 5.82 Å². The average molecular weight is 267 g/mol. The first-order chi connectivity index (χ1) is 8.81. The molecule has 2 aliphatic rings. The molecule has 2 bridgehead atoms. The molecule has 1 aromatic heterocycles. The summed E-state index contributed by atoms with van der Waals surface area (Å²) in [7, 11) is 0. The second-order valence-corrected chi connectivity index (χ2v) is 5.57. The number of hydrogen-bond acceptors (Lipinski definition) is 3. The number of aryl methyl sites for hydroxylation is 1. The maximum Gasteiger partial charge on any atom is 0.134 e. The molecule has 0 aromatic carbocycles. The first kappa shape index (κ1) is 12.4. The summed E-state index contributed by atoms with van der Waals surface area (Å²) in [6, 6.07) is 0. The van der Waals surface area contributed by atoms with E-state index in [1.54, 1.807) is 0 Å². The van der Waals surface area contributed by atoms with E-state index in [1.807, 2.05) is 6.20 Å². The van der Waals surface area contributed by atoms with Crippen LogP contribution in [-0.4, -0.2) is 22.2 Å². The third-order valence-corrected chi connectivity index (χ3v) is 4.33. The molecule has 18 heavy (non-hydrogen) atoms. The predicted molar refractivity (Wildman–Crippen MR) is 70.8 cm³/mol. The first-order valence-corrected chi connectivity index (χ1v) is 7.41. The molecule has 3 nitrogen and oxygen atoms in total. The van der Waals surface area contributed by atoms with E-state index in [4.69, 9.17) is 21.3 Å². The molecular weight excluding hydrogens is 248 g/mol. The third kappa shape index (κ3) is 2.14. The SMILES string of the molecule is CCCc1nc(C2CC3CCC2O3)ncc1CCl. The summed E-state index contributed by atoms with van der Waals surface area (Å²) >= 11 is 5.94. The maximum absolute atomic E-state index is 5.94. The van der Waals surface area contributed by atoms with E-state index in [0.29, 0.717) is 24.0 Å². The van der Waals surface area contributed by atoms with Gasteiger partial charge in [0.2, 0.25) is 0 Å². The van der Waals surface area contributed by atoms with E-state index < -0.39 is 0 Å². The number of nitrogens with zero attached hydrogens (tertiary/aromatic N) is 2. The normalized spacial score (nSPS) is 30.0. The minimum absolute atomic E-state index is 0.353. The van der Waals surface area contributed by atoms with E-state index in [9.17, 15) is 0 Å². The van der Waals surface area contributed by atoms with Gasteiger partial charge in [-0.2, -0.15) is 0 Å². The molecule has 3 unspecified atom stereocenters. The van der Waals surface area contributed by atoms with E-state index in [-0.39, 0.29) is 0 Å². The fraction of sp³-hybridized carbons (Fsp3) is 0.714. The molecule has 1 aromatic rings. The minimum atomic E-state index is 0.353. The molecule has 0 aliphatic carbocycles. The highest BCUT2D eigenvalue weighted by Crippen LogP contribution is 2.43. The molecule has 98 valence electrons. The molecule has 0 spiro atoms. The van der Waals surface area contributed by atoms with Crippen LogP contribution >= 0.6 is 11.6 Å². The highest BCUT2D eigenvalue weighted by molar-refractivity contribution is 6.17. The number of aromatic nitrogens is 2. The second-order valence-electron chi connectivity index (χ2n) is 5.30. The first-order valence-electron chi connectivity index (χ1n) is 6.88. The van der Waals surface area contributed by atoms with E-state index in [0.717, 1.165) is 36.3 Å². The van der Waals surface area contributed by atoms with Crippen LogP contribution in [0.4, 0.5) is 0 Å². The summed E-state index contributed by atoms with van der Waals surface area (Å²) < 4.78 is 5.89. The molecule has 4 heteroatoms. The zero-order chi connectivity index (χ0) is 12.5. The van der Waals surface area contributed by atoms with Crippen molar-refractivity contribution in [1.82, 2.24) is 9.97 Å². The van der Waals surface area contributed by atoms with E-state index in [2.05, 4.69) is 11.9 Å². The smallest absolute Gasteiger partial charge is 0.134 e. The van der Waals surface area contributed by atoms with E-state index in [1.165, 1.54) is 12.8 Å². The van der Waals surface area contributed by atoms with Crippen LogP contribution in [0.15, 0.2) is 6.20 Å². The van der Waals surface area contributed by atoms with Crippen molar-refractivity contribution < 1.29 is 4.74 Å². The van der Waals surface area contributed by atoms with Crippen LogP contribution in [0.25, 0.3) is 0 Å². The summed E-state index contributed by atoms with van der Waals surface area (Å²) in [4.78, 5) is 9.28. The van der Waals surface area contributed by atoms with Crippen molar-refractivity contribution >= 4 is 11.6 Å². The van der Waals surface area contributed by atoms with Gasteiger partial charge in [0.15, 0.2) is 0 Å². The van der Waals surface area contributed by atoms with Gasteiger partial charge >= 0.3 is 0 Å². The standard InChI is InChI=1S/C14H19ClN2O/c1-2-3-12-9(7-15)8-16-14(17-12)11-6-10-4-5-13(11)18-10/h8,10-11,13H,2-7H2,1H3. The largest absolute Gasteiger partial charge is 0.374 e. The Morgan fingerprint density at radius 3 is 2.94 bits per heavy atom. The van der Waals surface area contributed by atoms with Gasteiger partial charge in [-0.05, 0) is 25.7 Å². The van der Waals surface area contributed by atoms with Crippen LogP contribution < -0.4 is 0 Å². The molecule has 3 heterocycles. The zero-order valence-electron chi connectivity index (χ0n) is 10.7. The van der Waals surface area contributed by atoms with Crippen molar-refractivity contribution in [3.05, 3.63) is 23.3 Å². The van der Waals surface area contributed by atoms with Crippen molar-refractivity contribution in [2.24, 2.45) is 0 Å². The Morgan fingerprint density at radius 1 is 1.44 bits per heavy atom. The summed E-state index contributed by atoms with van der Waals surface area (Å²) in [5, 5.41) is 0. The number of halogens is 1. The molecule has 0 saturated carbocycles. The van der Waals surface area contributed by atoms with Gasteiger partial charge < -0.3 is 4.74 Å². The quantitative estimate of drug-likeness (QED) is 0.785. The van der Waals surface area contributed by atoms with Gasteiger partial charge in [-0.15, -0.1) is 11.6 Å². The fourth-order valence-corrected chi connectivity index (χ4v) is 3.33. The fourth-order valence-electron chi connectivity index (χ4n) is 3.11. The van der Waals surface area contributed by atoms with Crippen LogP contribution in [0.2, 0.25) is 0 Å². The van der Waals surface area contributed by atoms with Crippen LogP contribution in [0.1, 0.15) is 55.6 Å². The van der Waals surface area contributed by atoms with Gasteiger partial charge in [0.25, 0.3) is 0 Å². The van der Waals surface area contributed by atoms with Gasteiger partial charge in [-0.1, -0.05) is 13.3 Å². The lowest BCUT2D eigenvalue weighted by molar-refractivity contribution is 0.0998. The van der Waals surface area contributed by atoms with Crippen molar-refractivity contribution in [2.45, 2.75) is 63.0 Å². The minimum Gasteiger partial charge on any atom is -0.374 e. The molecule has 0 N–H and O–H groups in total. The highest BCUT2D eigenvalue weighted by Gasteiger charge is 2.42. The Labute approximate surface area is 113 Å². The average Bonchev–Trinajstić information content (AvgIpc) is 3.01. The highest BCUT2D eigenvalue weighted by atomic mass is 35.5. The third-order valence-electron chi connectivity index (χ3n) is 4.04. The monoisotopic (exact) mass is 266 g/mol. The van der Waals surface area contributed by atoms with E-state index >= 15 is 0 Å². The molecule has 2 saturated heterocycles. The Hall–Kier alpha value is -0.670. The van der Waals surface area contributed by atoms with Crippen LogP contribution in [0.5, 0.6) is 0 Å². The van der Waals surface area contributed by atoms with Crippen molar-refractivity contribution in [3.63, 3.8) is 0 Å². The lowest BCUT2D eigenvalue weighted by atomic mass is 9.88. The number of alkyl halides is 1. The van der Waals surface area contributed by atoms with Crippen LogP contribution in [0, 0.1) is 0 Å². The number of ether oxygens (including phenoxy) is 1. The maximum atomic E-state index is 5.94. The van der Waals surface area contributed by atoms with Crippen molar-refractivity contribution in [2.75, 3.05) is 0 Å². The molecule has 2 aliphatic heterocycles.